The Morgan fingerprint density at radius 3 is 2.50 bits per heavy atom. The summed E-state index contributed by atoms with van der Waals surface area (Å²) >= 11 is 0. The van der Waals surface area contributed by atoms with Gasteiger partial charge in [0.1, 0.15) is 5.75 Å². The molecule has 0 aliphatic carbocycles. The van der Waals surface area contributed by atoms with Gasteiger partial charge in [-0.3, -0.25) is 24.6 Å². The summed E-state index contributed by atoms with van der Waals surface area (Å²) in [7, 11) is -2.43. The summed E-state index contributed by atoms with van der Waals surface area (Å²) in [6.45, 7) is 4.02. The third kappa shape index (κ3) is 5.44. The van der Waals surface area contributed by atoms with Gasteiger partial charge in [0.15, 0.2) is 5.78 Å². The predicted molar refractivity (Wildman–Crippen MR) is 137 cm³/mol. The number of hydrogen-bond acceptors (Lipinski definition) is 7. The summed E-state index contributed by atoms with van der Waals surface area (Å²) in [6, 6.07) is 16.5. The van der Waals surface area contributed by atoms with Gasteiger partial charge in [-0.2, -0.15) is 0 Å². The van der Waals surface area contributed by atoms with Crippen LogP contribution in [0.25, 0.3) is 0 Å². The summed E-state index contributed by atoms with van der Waals surface area (Å²) in [6.07, 6.45) is 0.784. The maximum atomic E-state index is 13.2. The average Bonchev–Trinajstić information content (AvgIpc) is 2.83. The smallest absolute Gasteiger partial charge is 0.269 e. The highest BCUT2D eigenvalue weighted by Crippen LogP contribution is 2.31. The molecular formula is C26H25N3O6S. The second kappa shape index (κ2) is 9.54. The molecule has 1 N–H and O–H groups in total. The first-order valence-corrected chi connectivity index (χ1v) is 12.6. The van der Waals surface area contributed by atoms with Crippen LogP contribution in [0.15, 0.2) is 76.6 Å². The molecule has 3 aromatic carbocycles. The first-order chi connectivity index (χ1) is 17.0. The number of methoxy groups -OCH3 is 1. The van der Waals surface area contributed by atoms with E-state index in [1.807, 2.05) is 32.0 Å². The van der Waals surface area contributed by atoms with Gasteiger partial charge in [0, 0.05) is 28.9 Å². The van der Waals surface area contributed by atoms with E-state index in [1.165, 1.54) is 12.1 Å². The molecule has 0 bridgehead atoms. The van der Waals surface area contributed by atoms with Gasteiger partial charge in [0.25, 0.3) is 15.7 Å². The number of rotatable bonds is 8. The number of ketones is 1. The van der Waals surface area contributed by atoms with E-state index >= 15 is 0 Å². The van der Waals surface area contributed by atoms with Crippen molar-refractivity contribution >= 4 is 32.9 Å². The fourth-order valence-corrected chi connectivity index (χ4v) is 5.19. The molecule has 0 saturated carbocycles. The van der Waals surface area contributed by atoms with Crippen LogP contribution in [0.5, 0.6) is 5.75 Å². The van der Waals surface area contributed by atoms with E-state index in [0.717, 1.165) is 41.8 Å². The Kier molecular flexibility index (Phi) is 6.64. The van der Waals surface area contributed by atoms with Crippen molar-refractivity contribution in [3.63, 3.8) is 0 Å². The van der Waals surface area contributed by atoms with Crippen LogP contribution in [0.1, 0.15) is 41.8 Å². The number of sulfonamides is 1. The van der Waals surface area contributed by atoms with Gasteiger partial charge in [-0.15, -0.1) is 0 Å². The number of nitro groups is 1. The van der Waals surface area contributed by atoms with Gasteiger partial charge in [0.2, 0.25) is 0 Å². The van der Waals surface area contributed by atoms with Crippen molar-refractivity contribution in [2.75, 3.05) is 11.8 Å². The molecule has 1 aliphatic rings. The molecule has 9 nitrogen and oxygen atoms in total. The first kappa shape index (κ1) is 25.1. The lowest BCUT2D eigenvalue weighted by atomic mass is 9.85. The summed E-state index contributed by atoms with van der Waals surface area (Å²) in [5.74, 6) is 0.466. The van der Waals surface area contributed by atoms with Gasteiger partial charge >= 0.3 is 0 Å². The van der Waals surface area contributed by atoms with Gasteiger partial charge < -0.3 is 4.74 Å². The van der Waals surface area contributed by atoms with Crippen LogP contribution in [-0.2, 0) is 16.4 Å². The molecule has 0 unspecified atom stereocenters. The van der Waals surface area contributed by atoms with Crippen LogP contribution in [0.2, 0.25) is 0 Å². The van der Waals surface area contributed by atoms with Crippen LogP contribution in [0, 0.1) is 10.1 Å². The minimum Gasteiger partial charge on any atom is -0.497 e. The van der Waals surface area contributed by atoms with E-state index < -0.39 is 14.9 Å². The number of benzene rings is 3. The molecule has 0 amide bonds. The van der Waals surface area contributed by atoms with Gasteiger partial charge in [-0.05, 0) is 62.2 Å². The molecule has 4 rings (SSSR count). The Morgan fingerprint density at radius 1 is 1.11 bits per heavy atom. The molecule has 10 heteroatoms. The fraction of sp³-hybridized carbons (Fsp3) is 0.231. The Hall–Kier alpha value is -4.05. The van der Waals surface area contributed by atoms with E-state index in [0.29, 0.717) is 17.0 Å². The van der Waals surface area contributed by atoms with Crippen molar-refractivity contribution in [2.24, 2.45) is 4.99 Å². The summed E-state index contributed by atoms with van der Waals surface area (Å²) in [4.78, 5) is 28.1. The highest BCUT2D eigenvalue weighted by atomic mass is 32.2. The van der Waals surface area contributed by atoms with E-state index in [-0.39, 0.29) is 34.0 Å². The standard InChI is InChI=1S/C26H25N3O6S/c1-26(2)16-18-7-10-21(35-3)14-23(18)24(27-26)15-25(30)17-5-4-6-19(13-17)28-36(33,34)22-11-8-20(9-12-22)29(31)32/h4-14,28H,15-16H2,1-3H3. The zero-order valence-electron chi connectivity index (χ0n) is 20.0. The molecule has 186 valence electrons. The van der Waals surface area contributed by atoms with Crippen molar-refractivity contribution in [1.29, 1.82) is 0 Å². The van der Waals surface area contributed by atoms with Crippen LogP contribution in [0.4, 0.5) is 11.4 Å². The Morgan fingerprint density at radius 2 is 1.83 bits per heavy atom. The predicted octanol–water partition coefficient (Wildman–Crippen LogP) is 4.80. The van der Waals surface area contributed by atoms with Gasteiger partial charge in [-0.1, -0.05) is 18.2 Å². The second-order valence-corrected chi connectivity index (χ2v) is 10.8. The Balaban J connectivity index is 1.57. The Bertz CT molecular complexity index is 1480. The number of carbonyl (C=O) groups excluding carboxylic acids is 1. The number of ether oxygens (including phenoxy) is 1. The molecule has 36 heavy (non-hydrogen) atoms. The van der Waals surface area contributed by atoms with E-state index in [4.69, 9.17) is 9.73 Å². The van der Waals surface area contributed by atoms with Crippen LogP contribution in [-0.4, -0.2) is 37.5 Å². The number of anilines is 1. The van der Waals surface area contributed by atoms with Crippen LogP contribution >= 0.6 is 0 Å². The third-order valence-corrected chi connectivity index (χ3v) is 7.21. The maximum Gasteiger partial charge on any atom is 0.269 e. The number of hydrogen-bond donors (Lipinski definition) is 1. The summed E-state index contributed by atoms with van der Waals surface area (Å²) < 4.78 is 33.3. The number of non-ortho nitro benzene ring substituents is 1. The molecule has 0 radical (unpaired) electrons. The summed E-state index contributed by atoms with van der Waals surface area (Å²) in [5, 5.41) is 10.8. The molecule has 0 fully saturated rings. The minimum atomic E-state index is -4.01. The molecule has 1 heterocycles. The number of fused-ring (bicyclic) bond motifs is 1. The number of aliphatic imine (C=N–C) groups is 1. The molecule has 0 spiro atoms. The topological polar surface area (TPSA) is 128 Å². The fourth-order valence-electron chi connectivity index (χ4n) is 4.14. The van der Waals surface area contributed by atoms with E-state index in [9.17, 15) is 23.3 Å². The number of Topliss-reactive ketones (excluding diaryl/α,β-unsaturated/α-hetero) is 1. The highest BCUT2D eigenvalue weighted by Gasteiger charge is 2.28. The summed E-state index contributed by atoms with van der Waals surface area (Å²) in [5.41, 5.74) is 2.57. The van der Waals surface area contributed by atoms with Gasteiger partial charge in [0.05, 0.1) is 34.6 Å². The molecule has 0 saturated heterocycles. The zero-order chi connectivity index (χ0) is 26.1. The molecule has 1 aliphatic heterocycles. The lowest BCUT2D eigenvalue weighted by molar-refractivity contribution is -0.384. The van der Waals surface area contributed by atoms with Crippen LogP contribution < -0.4 is 9.46 Å². The second-order valence-electron chi connectivity index (χ2n) is 9.11. The number of carbonyl (C=O) groups is 1. The monoisotopic (exact) mass is 507 g/mol. The average molecular weight is 508 g/mol. The van der Waals surface area contributed by atoms with Crippen molar-refractivity contribution in [2.45, 2.75) is 37.1 Å². The largest absolute Gasteiger partial charge is 0.497 e. The van der Waals surface area contributed by atoms with Crippen molar-refractivity contribution in [3.8, 4) is 5.75 Å². The van der Waals surface area contributed by atoms with Crippen molar-refractivity contribution < 1.29 is 22.9 Å². The lowest BCUT2D eigenvalue weighted by Gasteiger charge is -2.29. The maximum absolute atomic E-state index is 13.2. The molecule has 0 atom stereocenters. The van der Waals surface area contributed by atoms with Gasteiger partial charge in [-0.25, -0.2) is 8.42 Å². The Labute approximate surface area is 209 Å². The first-order valence-electron chi connectivity index (χ1n) is 11.1. The lowest BCUT2D eigenvalue weighted by Crippen LogP contribution is -2.30. The van der Waals surface area contributed by atoms with Crippen molar-refractivity contribution in [1.82, 2.24) is 0 Å². The normalized spacial score (nSPS) is 14.4. The molecular weight excluding hydrogens is 482 g/mol. The quantitative estimate of drug-likeness (QED) is 0.265. The SMILES string of the molecule is COc1ccc2c(c1)C(CC(=O)c1cccc(NS(=O)(=O)c3ccc([N+](=O)[O-])cc3)c1)=NC(C)(C)C2. The third-order valence-electron chi connectivity index (χ3n) is 5.81. The number of nitrogens with one attached hydrogen (secondary N) is 1. The van der Waals surface area contributed by atoms with E-state index in [2.05, 4.69) is 4.72 Å². The van der Waals surface area contributed by atoms with E-state index in [1.54, 1.807) is 19.2 Å². The van der Waals surface area contributed by atoms with Crippen molar-refractivity contribution in [3.05, 3.63) is 93.5 Å². The molecule has 0 aromatic heterocycles. The molecule has 3 aromatic rings. The van der Waals surface area contributed by atoms with Crippen LogP contribution in [0.3, 0.4) is 0 Å². The minimum absolute atomic E-state index is 0.0438. The zero-order valence-corrected chi connectivity index (χ0v) is 20.8. The number of nitrogens with zero attached hydrogens (tertiary/aromatic N) is 2. The number of nitro benzene ring substituents is 1. The highest BCUT2D eigenvalue weighted by molar-refractivity contribution is 7.92.